The standard InChI is InChI=1S/C37H36N2O3S.2CH5NO3S/c1-3-38(27-29-13-7-5-8-14-29)33-23-19-31(20-24-33)37(35-17-11-12-18-36(35)43(40,41)42)32-21-25-34(26-22-32)39(4-2)28-30-15-9-6-10-16-30;2*1-6(3,4)5-2/h5-26H,3-4,27-28H2,1-2H3;2*2H2,1H3. The van der Waals surface area contributed by atoms with Gasteiger partial charge in [0.25, 0.3) is 20.2 Å². The molecular formula is C39H46N4O9S3. The number of nitrogens with zero attached hydrogens (tertiary/aromatic N) is 2. The van der Waals surface area contributed by atoms with Crippen molar-refractivity contribution in [2.75, 3.05) is 30.5 Å². The maximum atomic E-state index is 12.4. The number of nitrogens with two attached hydrogens (primary N) is 2. The van der Waals surface area contributed by atoms with Crippen LogP contribution in [0.15, 0.2) is 144 Å². The largest absolute Gasteiger partial charge is 0.744 e. The van der Waals surface area contributed by atoms with E-state index in [4.69, 9.17) is 0 Å². The highest BCUT2D eigenvalue weighted by atomic mass is 32.2. The van der Waals surface area contributed by atoms with Crippen molar-refractivity contribution in [3.8, 4) is 0 Å². The van der Waals surface area contributed by atoms with Gasteiger partial charge in [0, 0.05) is 42.1 Å². The van der Waals surface area contributed by atoms with Gasteiger partial charge in [-0.05, 0) is 66.5 Å². The minimum atomic E-state index is -4.70. The highest BCUT2D eigenvalue weighted by molar-refractivity contribution is 7.86. The number of rotatable bonds is 12. The van der Waals surface area contributed by atoms with E-state index < -0.39 is 30.4 Å². The molecule has 4 aromatic carbocycles. The fraction of sp³-hybridized carbons (Fsp3) is 0.205. The summed E-state index contributed by atoms with van der Waals surface area (Å²) in [6, 6.07) is 35.3. The molecule has 4 aromatic rings. The molecular weight excluding hydrogens is 765 g/mol. The van der Waals surface area contributed by atoms with Gasteiger partial charge in [0.2, 0.25) is 0 Å². The molecule has 1 aliphatic rings. The van der Waals surface area contributed by atoms with Gasteiger partial charge in [-0.2, -0.15) is 37.2 Å². The predicted molar refractivity (Wildman–Crippen MR) is 215 cm³/mol. The SMILES string of the molecule is CCN(Cc1ccccc1)c1ccc(C(=C2C=CC(=[N+](CC)Cc3ccccc3)C=C2)c2ccccc2S(=O)(=O)[O-])cc1.CS(=O)(=O)ON.CS(=O)(=O)ON. The van der Waals surface area contributed by atoms with Crippen LogP contribution in [0.3, 0.4) is 0 Å². The summed E-state index contributed by atoms with van der Waals surface area (Å²) in [4.78, 5) is 2.06. The van der Waals surface area contributed by atoms with E-state index in [9.17, 15) is 29.8 Å². The van der Waals surface area contributed by atoms with Crippen LogP contribution < -0.4 is 16.7 Å². The van der Waals surface area contributed by atoms with Crippen LogP contribution in [0.1, 0.15) is 36.1 Å². The molecule has 0 spiro atoms. The zero-order chi connectivity index (χ0) is 40.6. The predicted octanol–water partition coefficient (Wildman–Crippen LogP) is 4.89. The highest BCUT2D eigenvalue weighted by Gasteiger charge is 2.20. The van der Waals surface area contributed by atoms with Gasteiger partial charge >= 0.3 is 0 Å². The van der Waals surface area contributed by atoms with Gasteiger partial charge in [0.15, 0.2) is 12.3 Å². The van der Waals surface area contributed by atoms with Gasteiger partial charge in [-0.25, -0.2) is 13.0 Å². The summed E-state index contributed by atoms with van der Waals surface area (Å²) < 4.78 is 84.8. The summed E-state index contributed by atoms with van der Waals surface area (Å²) in [5.74, 6) is 8.44. The molecule has 16 heteroatoms. The number of hydrogen-bond acceptors (Lipinski definition) is 12. The molecule has 55 heavy (non-hydrogen) atoms. The van der Waals surface area contributed by atoms with E-state index in [0.29, 0.717) is 11.1 Å². The highest BCUT2D eigenvalue weighted by Crippen LogP contribution is 2.34. The first-order valence-electron chi connectivity index (χ1n) is 16.9. The Balaban J connectivity index is 0.000000587. The van der Waals surface area contributed by atoms with Crippen LogP contribution in [-0.4, -0.2) is 65.7 Å². The lowest BCUT2D eigenvalue weighted by molar-refractivity contribution is -0.539. The second kappa shape index (κ2) is 20.8. The van der Waals surface area contributed by atoms with Gasteiger partial charge < -0.3 is 9.45 Å². The molecule has 13 nitrogen and oxygen atoms in total. The Bertz CT molecular complexity index is 2280. The Morgan fingerprint density at radius 1 is 0.673 bits per heavy atom. The fourth-order valence-electron chi connectivity index (χ4n) is 5.43. The van der Waals surface area contributed by atoms with Crippen molar-refractivity contribution in [1.82, 2.24) is 0 Å². The average Bonchev–Trinajstić information content (AvgIpc) is 3.17. The molecule has 0 saturated carbocycles. The molecule has 0 fully saturated rings. The maximum absolute atomic E-state index is 12.4. The Morgan fingerprint density at radius 2 is 1.15 bits per heavy atom. The van der Waals surface area contributed by atoms with E-state index in [1.807, 2.05) is 60.7 Å². The molecule has 4 N–H and O–H groups in total. The van der Waals surface area contributed by atoms with Crippen LogP contribution in [-0.2, 0) is 52.0 Å². The molecule has 0 unspecified atom stereocenters. The van der Waals surface area contributed by atoms with E-state index >= 15 is 0 Å². The number of allylic oxidation sites excluding steroid dienone is 5. The molecule has 0 bridgehead atoms. The summed E-state index contributed by atoms with van der Waals surface area (Å²) in [5, 5.41) is 0. The van der Waals surface area contributed by atoms with Crippen molar-refractivity contribution in [3.05, 3.63) is 161 Å². The Morgan fingerprint density at radius 3 is 1.60 bits per heavy atom. The molecule has 0 aliphatic heterocycles. The molecule has 5 rings (SSSR count). The number of anilines is 1. The van der Waals surface area contributed by atoms with Crippen molar-refractivity contribution >= 4 is 47.3 Å². The molecule has 294 valence electrons. The van der Waals surface area contributed by atoms with Crippen LogP contribution >= 0.6 is 0 Å². The van der Waals surface area contributed by atoms with Crippen molar-refractivity contribution < 1.29 is 42.9 Å². The van der Waals surface area contributed by atoms with Crippen LogP contribution in [0.2, 0.25) is 0 Å². The molecule has 0 atom stereocenters. The van der Waals surface area contributed by atoms with E-state index in [1.165, 1.54) is 17.2 Å². The van der Waals surface area contributed by atoms with Crippen LogP contribution in [0.25, 0.3) is 5.57 Å². The van der Waals surface area contributed by atoms with Gasteiger partial charge in [-0.3, -0.25) is 0 Å². The first kappa shape index (κ1) is 44.6. The minimum absolute atomic E-state index is 0.225. The second-order valence-corrected chi connectivity index (χ2v) is 16.6. The molecule has 1 aliphatic carbocycles. The molecule has 0 aromatic heterocycles. The zero-order valence-electron chi connectivity index (χ0n) is 31.0. The third-order valence-electron chi connectivity index (χ3n) is 8.01. The van der Waals surface area contributed by atoms with Crippen molar-refractivity contribution in [2.24, 2.45) is 11.8 Å². The van der Waals surface area contributed by atoms with Crippen molar-refractivity contribution in [2.45, 2.75) is 31.8 Å². The topological polar surface area (TPSA) is 202 Å². The summed E-state index contributed by atoms with van der Waals surface area (Å²) in [6.07, 6.45) is 9.87. The van der Waals surface area contributed by atoms with Crippen LogP contribution in [0, 0.1) is 0 Å². The molecule has 0 saturated heterocycles. The first-order chi connectivity index (χ1) is 26.0. The molecule has 0 heterocycles. The van der Waals surface area contributed by atoms with Crippen LogP contribution in [0.4, 0.5) is 5.69 Å². The lowest BCUT2D eigenvalue weighted by Gasteiger charge is -2.24. The smallest absolute Gasteiger partial charge is 0.280 e. The van der Waals surface area contributed by atoms with Crippen molar-refractivity contribution in [1.29, 1.82) is 0 Å². The normalized spacial score (nSPS) is 12.6. The first-order valence-corrected chi connectivity index (χ1v) is 21.9. The van der Waals surface area contributed by atoms with Crippen LogP contribution in [0.5, 0.6) is 0 Å². The molecule has 0 radical (unpaired) electrons. The van der Waals surface area contributed by atoms with Gasteiger partial charge in [-0.15, -0.1) is 0 Å². The monoisotopic (exact) mass is 810 g/mol. The summed E-state index contributed by atoms with van der Waals surface area (Å²) in [7, 11) is -11.5. The third-order valence-corrected chi connectivity index (χ3v) is 9.61. The Kier molecular flexibility index (Phi) is 16.9. The zero-order valence-corrected chi connectivity index (χ0v) is 33.4. The van der Waals surface area contributed by atoms with Gasteiger partial charge in [0.05, 0.1) is 17.4 Å². The lowest BCUT2D eigenvalue weighted by atomic mass is 9.90. The summed E-state index contributed by atoms with van der Waals surface area (Å²) in [6.45, 7) is 7.48. The van der Waals surface area contributed by atoms with E-state index in [2.05, 4.69) is 92.2 Å². The maximum Gasteiger partial charge on any atom is 0.280 e. The van der Waals surface area contributed by atoms with Gasteiger partial charge in [-0.1, -0.05) is 91.0 Å². The van der Waals surface area contributed by atoms with E-state index in [0.717, 1.165) is 61.2 Å². The quantitative estimate of drug-likeness (QED) is 0.112. The van der Waals surface area contributed by atoms with Gasteiger partial charge in [0.1, 0.15) is 16.7 Å². The van der Waals surface area contributed by atoms with Crippen molar-refractivity contribution in [3.63, 3.8) is 0 Å². The number of benzene rings is 4. The molecule has 0 amide bonds. The lowest BCUT2D eigenvalue weighted by Crippen LogP contribution is -2.21. The summed E-state index contributed by atoms with van der Waals surface area (Å²) >= 11 is 0. The minimum Gasteiger partial charge on any atom is -0.744 e. The third kappa shape index (κ3) is 14.8. The van der Waals surface area contributed by atoms with E-state index in [1.54, 1.807) is 18.2 Å². The fourth-order valence-corrected chi connectivity index (χ4v) is 6.11. The Hall–Kier alpha value is -4.78. The average molecular weight is 811 g/mol. The summed E-state index contributed by atoms with van der Waals surface area (Å²) in [5.41, 5.74) is 7.34. The number of hydrogen-bond donors (Lipinski definition) is 2. The van der Waals surface area contributed by atoms with E-state index in [-0.39, 0.29) is 4.90 Å². The second-order valence-electron chi connectivity index (χ2n) is 12.0. The Labute approximate surface area is 324 Å².